The average Bonchev–Trinajstić information content (AvgIpc) is 2.29. The number of rotatable bonds is 9. The van der Waals surface area contributed by atoms with Gasteiger partial charge in [0.05, 0.1) is 0 Å². The van der Waals surface area contributed by atoms with Gasteiger partial charge in [0.1, 0.15) is 0 Å². The van der Waals surface area contributed by atoms with E-state index in [9.17, 15) is 43.2 Å². The Morgan fingerprint density at radius 3 is 1.00 bits per heavy atom. The zero-order chi connectivity index (χ0) is 23.9. The zero-order valence-corrected chi connectivity index (χ0v) is 20.0. The first kappa shape index (κ1) is 28.9. The fourth-order valence-corrected chi connectivity index (χ4v) is 20.7. The average molecular weight is 498 g/mol. The van der Waals surface area contributed by atoms with Crippen LogP contribution in [0.25, 0.3) is 0 Å². The summed E-state index contributed by atoms with van der Waals surface area (Å²) in [6.45, 7) is 5.15. The molecule has 0 aromatic heterocycles. The Hall–Kier alpha value is -0.130. The Kier molecular flexibility index (Phi) is 8.39. The summed E-state index contributed by atoms with van der Waals surface area (Å²) in [4.78, 5) is 0. The van der Waals surface area contributed by atoms with Crippen LogP contribution in [0.3, 0.4) is 0 Å². The molecule has 0 aromatic carbocycles. The topological polar surface area (TPSA) is 71.5 Å². The van der Waals surface area contributed by atoms with Gasteiger partial charge in [0.2, 0.25) is 0 Å². The van der Waals surface area contributed by atoms with Crippen molar-refractivity contribution in [2.45, 2.75) is 52.6 Å². The number of hydrogen-bond donors (Lipinski definition) is 0. The van der Waals surface area contributed by atoms with E-state index in [-0.39, 0.29) is 0 Å². The van der Waals surface area contributed by atoms with Gasteiger partial charge in [-0.15, -0.1) is 0 Å². The van der Waals surface area contributed by atoms with Gasteiger partial charge >= 0.3 is 169 Å². The third-order valence-electron chi connectivity index (χ3n) is 4.17. The summed E-state index contributed by atoms with van der Waals surface area (Å²) < 4.78 is 129. The molecule has 0 aromatic rings. The number of sulfonamides is 2. The predicted molar refractivity (Wildman–Crippen MR) is 104 cm³/mol. The quantitative estimate of drug-likeness (QED) is 0.330. The minimum absolute atomic E-state index is 0.396. The van der Waals surface area contributed by atoms with E-state index in [4.69, 9.17) is 0 Å². The van der Waals surface area contributed by atoms with Gasteiger partial charge in [-0.2, -0.15) is 0 Å². The molecule has 0 bridgehead atoms. The minimum atomic E-state index is -6.85. The fourth-order valence-electron chi connectivity index (χ4n) is 4.54. The molecule has 0 saturated heterocycles. The maximum absolute atomic E-state index is 13.5. The van der Waals surface area contributed by atoms with Gasteiger partial charge in [-0.25, -0.2) is 0 Å². The van der Waals surface area contributed by atoms with Crippen LogP contribution < -0.4 is 0 Å². The molecule has 0 amide bonds. The monoisotopic (exact) mass is 497 g/mol. The standard InChI is InChI=1S/C15H30F6NO4PS2/c1-11(2)8-27(7,9-12(3)4,10-13(5)6)22(28(23,24)14(16,17)18)29(25,26)15(19,20)21/h11-13H,8-10H2,1-7H3. The van der Waals surface area contributed by atoms with Crippen molar-refractivity contribution < 1.29 is 43.2 Å². The van der Waals surface area contributed by atoms with E-state index in [1.165, 1.54) is 41.5 Å². The van der Waals surface area contributed by atoms with Gasteiger partial charge in [-0.1, -0.05) is 0 Å². The Balaban J connectivity index is 7.70. The van der Waals surface area contributed by atoms with Gasteiger partial charge in [-0.3, -0.25) is 0 Å². The van der Waals surface area contributed by atoms with Crippen LogP contribution in [0, 0.1) is 17.8 Å². The van der Waals surface area contributed by atoms with Crippen molar-refractivity contribution in [1.29, 1.82) is 0 Å². The summed E-state index contributed by atoms with van der Waals surface area (Å²) in [5.41, 5.74) is -12.4. The van der Waals surface area contributed by atoms with Crippen molar-refractivity contribution in [2.75, 3.05) is 25.2 Å². The van der Waals surface area contributed by atoms with E-state index in [1.807, 2.05) is 0 Å². The summed E-state index contributed by atoms with van der Waals surface area (Å²) in [6, 6.07) is 0. The molecular weight excluding hydrogens is 467 g/mol. The third kappa shape index (κ3) is 5.98. The molecule has 0 aliphatic heterocycles. The van der Waals surface area contributed by atoms with E-state index < -0.39 is 77.5 Å². The maximum atomic E-state index is 13.5. The summed E-state index contributed by atoms with van der Waals surface area (Å²) in [5, 5.41) is 0. The molecule has 0 aliphatic rings. The molecule has 5 nitrogen and oxygen atoms in total. The van der Waals surface area contributed by atoms with Crippen molar-refractivity contribution in [3.63, 3.8) is 0 Å². The molecule has 29 heavy (non-hydrogen) atoms. The predicted octanol–water partition coefficient (Wildman–Crippen LogP) is 5.05. The second-order valence-corrected chi connectivity index (χ2v) is 19.4. The molecule has 0 aliphatic carbocycles. The molecule has 0 rings (SSSR count). The van der Waals surface area contributed by atoms with Crippen LogP contribution in [-0.4, -0.2) is 56.5 Å². The van der Waals surface area contributed by atoms with E-state index in [0.717, 1.165) is 6.66 Å². The Morgan fingerprint density at radius 2 is 0.862 bits per heavy atom. The molecular formula is C15H30F6NO4PS2. The molecule has 0 atom stereocenters. The van der Waals surface area contributed by atoms with Gasteiger partial charge in [0.25, 0.3) is 0 Å². The summed E-state index contributed by atoms with van der Waals surface area (Å²) in [5.74, 6) is -1.65. The molecule has 0 fully saturated rings. The SMILES string of the molecule is CC(C)CP(C)(CC(C)C)(CC(C)C)N(S(=O)(=O)C(F)(F)F)S(=O)(=O)C(F)(F)F. The Labute approximate surface area is 169 Å². The third-order valence-corrected chi connectivity index (χ3v) is 18.0. The first-order chi connectivity index (χ1) is 12.4. The van der Waals surface area contributed by atoms with Crippen LogP contribution in [0.4, 0.5) is 26.3 Å². The summed E-state index contributed by atoms with van der Waals surface area (Å²) in [7, 11) is -13.7. The van der Waals surface area contributed by atoms with Crippen LogP contribution in [-0.2, 0) is 20.0 Å². The molecule has 0 heterocycles. The van der Waals surface area contributed by atoms with E-state index in [2.05, 4.69) is 0 Å². The van der Waals surface area contributed by atoms with Gasteiger partial charge in [0.15, 0.2) is 0 Å². The van der Waals surface area contributed by atoms with Gasteiger partial charge in [0, 0.05) is 0 Å². The number of halogens is 6. The van der Waals surface area contributed by atoms with E-state index >= 15 is 0 Å². The van der Waals surface area contributed by atoms with Crippen molar-refractivity contribution in [3.05, 3.63) is 0 Å². The zero-order valence-electron chi connectivity index (χ0n) is 17.5. The Bertz CT molecular complexity index is 715. The van der Waals surface area contributed by atoms with Gasteiger partial charge in [-0.05, 0) is 0 Å². The van der Waals surface area contributed by atoms with Gasteiger partial charge < -0.3 is 0 Å². The molecule has 0 unspecified atom stereocenters. The van der Waals surface area contributed by atoms with Crippen molar-refractivity contribution in [1.82, 2.24) is 3.48 Å². The molecule has 0 N–H and O–H groups in total. The fraction of sp³-hybridized carbons (Fsp3) is 1.00. The normalized spacial score (nSPS) is 16.7. The molecule has 0 spiro atoms. The molecule has 178 valence electrons. The van der Waals surface area contributed by atoms with Crippen LogP contribution in [0.1, 0.15) is 41.5 Å². The van der Waals surface area contributed by atoms with Crippen molar-refractivity contribution in [3.8, 4) is 0 Å². The second kappa shape index (κ2) is 8.43. The molecule has 14 heteroatoms. The number of hydrogen-bond acceptors (Lipinski definition) is 4. The van der Waals surface area contributed by atoms with E-state index in [0.29, 0.717) is 0 Å². The van der Waals surface area contributed by atoms with Crippen molar-refractivity contribution in [2.24, 2.45) is 17.8 Å². The molecule has 0 radical (unpaired) electrons. The number of nitrogens with zero attached hydrogens (tertiary/aromatic N) is 1. The van der Waals surface area contributed by atoms with Crippen LogP contribution in [0.15, 0.2) is 0 Å². The second-order valence-electron chi connectivity index (χ2n) is 9.05. The van der Waals surface area contributed by atoms with Crippen LogP contribution >= 0.6 is 6.75 Å². The summed E-state index contributed by atoms with van der Waals surface area (Å²) in [6.07, 6.45) is -1.19. The summed E-state index contributed by atoms with van der Waals surface area (Å²) >= 11 is 0. The first-order valence-electron chi connectivity index (χ1n) is 8.86. The Morgan fingerprint density at radius 1 is 0.655 bits per heavy atom. The first-order valence-corrected chi connectivity index (χ1v) is 14.9. The van der Waals surface area contributed by atoms with E-state index in [1.54, 1.807) is 0 Å². The molecule has 0 saturated carbocycles. The number of alkyl halides is 6. The van der Waals surface area contributed by atoms with Crippen molar-refractivity contribution >= 4 is 26.8 Å². The van der Waals surface area contributed by atoms with Crippen LogP contribution in [0.2, 0.25) is 0 Å². The van der Waals surface area contributed by atoms with Crippen LogP contribution in [0.5, 0.6) is 0 Å².